The number of pyridine rings is 1. The second-order valence-electron chi connectivity index (χ2n) is 16.9. The molecule has 65 heavy (non-hydrogen) atoms. The molecule has 2 aliphatic heterocycles. The highest BCUT2D eigenvalue weighted by Gasteiger charge is 2.36. The topological polar surface area (TPSA) is 203 Å². The number of piperidine rings is 1. The summed E-state index contributed by atoms with van der Waals surface area (Å²) in [6.45, 7) is 9.35. The molecule has 0 spiro atoms. The number of fused-ring (bicyclic) bond motifs is 1. The first-order chi connectivity index (χ1) is 31.0. The van der Waals surface area contributed by atoms with Gasteiger partial charge in [-0.25, -0.2) is 22.5 Å². The van der Waals surface area contributed by atoms with Crippen molar-refractivity contribution in [2.45, 2.75) is 50.6 Å². The van der Waals surface area contributed by atoms with E-state index in [0.29, 0.717) is 35.4 Å². The highest BCUT2D eigenvalue weighted by molar-refractivity contribution is 7.90. The molecule has 344 valence electrons. The smallest absolute Gasteiger partial charge is 0.293 e. The van der Waals surface area contributed by atoms with Crippen molar-refractivity contribution < 1.29 is 37.2 Å². The highest BCUT2D eigenvalue weighted by Crippen LogP contribution is 2.35. The molecule has 16 nitrogen and oxygen atoms in total. The molecule has 0 aliphatic carbocycles. The van der Waals surface area contributed by atoms with E-state index >= 15 is 4.39 Å². The minimum absolute atomic E-state index is 0.0617. The van der Waals surface area contributed by atoms with Gasteiger partial charge in [-0.15, -0.1) is 0 Å². The van der Waals surface area contributed by atoms with Crippen LogP contribution in [0.4, 0.5) is 21.5 Å². The lowest BCUT2D eigenvalue weighted by molar-refractivity contribution is -0.384. The number of rotatable bonds is 16. The lowest BCUT2D eigenvalue weighted by Gasteiger charge is -2.37. The van der Waals surface area contributed by atoms with Crippen LogP contribution in [0.1, 0.15) is 56.0 Å². The molecule has 3 aromatic carbocycles. The Kier molecular flexibility index (Phi) is 14.4. The Labute approximate surface area is 381 Å². The number of sulfonamides is 1. The Morgan fingerprint density at radius 3 is 2.42 bits per heavy atom. The lowest BCUT2D eigenvalue weighted by atomic mass is 9.92. The number of alkyl halides is 1. The Morgan fingerprint density at radius 1 is 1.02 bits per heavy atom. The molecule has 7 rings (SSSR count). The Bertz CT molecular complexity index is 2700. The second kappa shape index (κ2) is 20.0. The largest absolute Gasteiger partial charge is 0.455 e. The van der Waals surface area contributed by atoms with Gasteiger partial charge in [-0.3, -0.25) is 24.6 Å². The number of benzene rings is 3. The first kappa shape index (κ1) is 46.9. The van der Waals surface area contributed by atoms with Crippen molar-refractivity contribution in [2.75, 3.05) is 69.2 Å². The average Bonchev–Trinajstić information content (AvgIpc) is 3.76. The van der Waals surface area contributed by atoms with E-state index < -0.39 is 49.6 Å². The van der Waals surface area contributed by atoms with Crippen LogP contribution in [-0.2, 0) is 14.8 Å². The van der Waals surface area contributed by atoms with Crippen molar-refractivity contribution in [1.29, 1.82) is 0 Å². The monoisotopic (exact) mass is 930 g/mol. The van der Waals surface area contributed by atoms with Crippen molar-refractivity contribution in [3.05, 3.63) is 117 Å². The van der Waals surface area contributed by atoms with E-state index in [1.807, 2.05) is 22.9 Å². The summed E-state index contributed by atoms with van der Waals surface area (Å²) in [7, 11) is -4.70. The number of nitrogens with zero attached hydrogens (tertiary/aromatic N) is 5. The molecule has 4 N–H and O–H groups in total. The van der Waals surface area contributed by atoms with Crippen molar-refractivity contribution >= 4 is 67.1 Å². The number of piperazine rings is 1. The van der Waals surface area contributed by atoms with E-state index in [1.165, 1.54) is 33.9 Å². The predicted octanol–water partition coefficient (Wildman–Crippen LogP) is 7.41. The normalized spacial score (nSPS) is 16.0. The number of amides is 2. The third-order valence-corrected chi connectivity index (χ3v) is 13.4. The van der Waals surface area contributed by atoms with Gasteiger partial charge in [-0.05, 0) is 78.9 Å². The number of likely N-dealkylation sites (tertiary alicyclic amines) is 1. The van der Waals surface area contributed by atoms with Gasteiger partial charge in [0.05, 0.1) is 21.6 Å². The first-order valence-electron chi connectivity index (χ1n) is 21.3. The molecule has 0 saturated carbocycles. The molecule has 2 fully saturated rings. The van der Waals surface area contributed by atoms with E-state index in [9.17, 15) is 28.1 Å². The number of halogens is 2. The summed E-state index contributed by atoms with van der Waals surface area (Å²) in [6.07, 6.45) is 4.01. The van der Waals surface area contributed by atoms with Gasteiger partial charge < -0.3 is 29.9 Å². The van der Waals surface area contributed by atoms with E-state index in [1.54, 1.807) is 24.4 Å². The van der Waals surface area contributed by atoms with Gasteiger partial charge in [0.15, 0.2) is 0 Å². The van der Waals surface area contributed by atoms with E-state index in [4.69, 9.17) is 21.4 Å². The molecule has 2 amide bonds. The van der Waals surface area contributed by atoms with Gasteiger partial charge in [-0.2, -0.15) is 0 Å². The molecule has 19 heteroatoms. The number of anilines is 2. The number of carbonyl (C=O) groups excluding carboxylic acids is 2. The number of ether oxygens (including phenoxy) is 1. The van der Waals surface area contributed by atoms with Crippen LogP contribution in [0.2, 0.25) is 5.02 Å². The third-order valence-electron chi connectivity index (χ3n) is 11.8. The quantitative estimate of drug-likeness (QED) is 0.0565. The van der Waals surface area contributed by atoms with Crippen molar-refractivity contribution in [2.24, 2.45) is 5.92 Å². The van der Waals surface area contributed by atoms with Crippen LogP contribution in [0.25, 0.3) is 16.6 Å². The number of carbonyl (C=O) groups is 2. The number of aromatic nitrogens is 2. The van der Waals surface area contributed by atoms with Gasteiger partial charge in [-0.1, -0.05) is 43.2 Å². The van der Waals surface area contributed by atoms with Crippen LogP contribution in [0, 0.1) is 16.0 Å². The standard InChI is InChI=1S/C46H52ClFN8O8S/c1-30(2)22-39(32-4-6-34(47)7-5-32)31(3)27-53-18-20-54(21-19-53)35-8-10-38(42(24-35)64-36-23-33-12-15-49-44(33)50-26-36)45(59)52-65(62,63)37-9-11-40(41(25-37)56(60)61)51-29-46(48)13-16-55(17-14-46)43(58)28-57/h4-12,15,23-26,30,51,57H,13-14,16-22,27-29H2,1-3H3,(H,49,50)(H,52,59)/b39-31-. The maximum Gasteiger partial charge on any atom is 0.293 e. The molecular weight excluding hydrogens is 879 g/mol. The molecular formula is C46H52ClFN8O8S. The first-order valence-corrected chi connectivity index (χ1v) is 23.2. The summed E-state index contributed by atoms with van der Waals surface area (Å²) in [5.74, 6) is -0.723. The van der Waals surface area contributed by atoms with Gasteiger partial charge in [0.1, 0.15) is 35.1 Å². The maximum atomic E-state index is 15.6. The Morgan fingerprint density at radius 2 is 1.74 bits per heavy atom. The van der Waals surface area contributed by atoms with Crippen molar-refractivity contribution in [3.8, 4) is 11.5 Å². The summed E-state index contributed by atoms with van der Waals surface area (Å²) >= 11 is 6.19. The van der Waals surface area contributed by atoms with Crippen LogP contribution in [0.15, 0.2) is 95.7 Å². The molecule has 0 radical (unpaired) electrons. The fourth-order valence-corrected chi connectivity index (χ4v) is 9.29. The third kappa shape index (κ3) is 11.4. The zero-order chi connectivity index (χ0) is 46.5. The van der Waals surface area contributed by atoms with Gasteiger partial charge in [0.25, 0.3) is 21.6 Å². The molecule has 2 aromatic heterocycles. The van der Waals surface area contributed by atoms with E-state index in [0.717, 1.165) is 55.3 Å². The Balaban J connectivity index is 1.07. The number of nitrogens with one attached hydrogen (secondary N) is 3. The zero-order valence-electron chi connectivity index (χ0n) is 36.4. The van der Waals surface area contributed by atoms with E-state index in [2.05, 4.69) is 58.0 Å². The highest BCUT2D eigenvalue weighted by atomic mass is 35.5. The predicted molar refractivity (Wildman–Crippen MR) is 248 cm³/mol. The molecule has 0 bridgehead atoms. The fourth-order valence-electron chi connectivity index (χ4n) is 8.18. The number of nitro benzene ring substituents is 1. The summed E-state index contributed by atoms with van der Waals surface area (Å²) < 4.78 is 51.4. The molecule has 0 unspecified atom stereocenters. The summed E-state index contributed by atoms with van der Waals surface area (Å²) in [5, 5.41) is 25.4. The number of nitro groups is 1. The molecule has 4 heterocycles. The number of aromatic amines is 1. The summed E-state index contributed by atoms with van der Waals surface area (Å²) in [5.41, 5.74) is 2.43. The minimum Gasteiger partial charge on any atom is -0.455 e. The summed E-state index contributed by atoms with van der Waals surface area (Å²) in [6, 6.07) is 19.4. The van der Waals surface area contributed by atoms with Crippen LogP contribution in [0.5, 0.6) is 11.5 Å². The molecule has 2 saturated heterocycles. The van der Waals surface area contributed by atoms with Crippen LogP contribution in [0.3, 0.4) is 0 Å². The van der Waals surface area contributed by atoms with Crippen LogP contribution >= 0.6 is 11.6 Å². The van der Waals surface area contributed by atoms with Gasteiger partial charge in [0.2, 0.25) is 5.91 Å². The van der Waals surface area contributed by atoms with Crippen molar-refractivity contribution in [1.82, 2.24) is 24.5 Å². The maximum absolute atomic E-state index is 15.6. The number of allylic oxidation sites excluding steroid dienone is 1. The van der Waals surface area contributed by atoms with Crippen LogP contribution in [-0.4, -0.2) is 115 Å². The number of hydrogen-bond donors (Lipinski definition) is 4. The molecule has 2 aliphatic rings. The molecule has 0 atom stereocenters. The number of hydrogen-bond acceptors (Lipinski definition) is 12. The zero-order valence-corrected chi connectivity index (χ0v) is 37.9. The molecule has 5 aromatic rings. The SMILES string of the molecule is C/C(CN1CCN(c2ccc(C(=O)NS(=O)(=O)c3ccc(NCC4(F)CCN(C(=O)CO)CC4)c([N+](=O)[O-])c3)c(Oc3cnc4[nH]ccc4c3)c2)CC1)=C(\CC(C)C)c1ccc(Cl)cc1. The van der Waals surface area contributed by atoms with Crippen molar-refractivity contribution in [3.63, 3.8) is 0 Å². The van der Waals surface area contributed by atoms with Gasteiger partial charge in [0, 0.05) is 99.6 Å². The number of H-pyrrole nitrogens is 1. The van der Waals surface area contributed by atoms with E-state index in [-0.39, 0.29) is 49.5 Å². The number of aliphatic hydroxyl groups excluding tert-OH is 1. The second-order valence-corrected chi connectivity index (χ2v) is 19.0. The lowest BCUT2D eigenvalue weighted by Crippen LogP contribution is -2.48. The minimum atomic E-state index is -4.70. The summed E-state index contributed by atoms with van der Waals surface area (Å²) in [4.78, 5) is 49.8. The van der Waals surface area contributed by atoms with Crippen LogP contribution < -0.4 is 19.7 Å². The average molecular weight is 931 g/mol. The van der Waals surface area contributed by atoms with Gasteiger partial charge >= 0.3 is 0 Å². The Hall–Kier alpha value is -6.08. The number of aliphatic hydroxyl groups is 1. The fraction of sp³-hybridized carbons (Fsp3) is 0.370.